The van der Waals surface area contributed by atoms with Crippen LogP contribution in [0.4, 0.5) is 0 Å². The van der Waals surface area contributed by atoms with Crippen LogP contribution in [0.2, 0.25) is 0 Å². The maximum Gasteiger partial charge on any atom is 0.224 e. The van der Waals surface area contributed by atoms with Gasteiger partial charge in [-0.3, -0.25) is 4.79 Å². The van der Waals surface area contributed by atoms with Gasteiger partial charge in [0, 0.05) is 19.0 Å². The molecule has 0 aliphatic rings. The van der Waals surface area contributed by atoms with Gasteiger partial charge in [0.2, 0.25) is 5.91 Å². The molecule has 17 heavy (non-hydrogen) atoms. The van der Waals surface area contributed by atoms with Crippen LogP contribution in [0.5, 0.6) is 5.75 Å². The van der Waals surface area contributed by atoms with Crippen LogP contribution < -0.4 is 15.8 Å². The summed E-state index contributed by atoms with van der Waals surface area (Å²) in [7, 11) is 0. The zero-order chi connectivity index (χ0) is 12.7. The average molecular weight is 236 g/mol. The molecule has 4 heteroatoms. The summed E-state index contributed by atoms with van der Waals surface area (Å²) in [4.78, 5) is 11.5. The first kappa shape index (κ1) is 13.5. The van der Waals surface area contributed by atoms with Crippen molar-refractivity contribution in [3.8, 4) is 5.75 Å². The quantitative estimate of drug-likeness (QED) is 0.782. The standard InChI is InChI=1S/C13H20N2O2/c1-3-17-12-6-4-11(5-7-12)9-15-13(16)10(2)8-14/h4-7,10H,3,8-9,14H2,1-2H3,(H,15,16). The van der Waals surface area contributed by atoms with Crippen molar-refractivity contribution in [3.63, 3.8) is 0 Å². The topological polar surface area (TPSA) is 64.3 Å². The van der Waals surface area contributed by atoms with Crippen molar-refractivity contribution in [2.24, 2.45) is 11.7 Å². The lowest BCUT2D eigenvalue weighted by Gasteiger charge is -2.10. The maximum absolute atomic E-state index is 11.5. The molecule has 0 aromatic heterocycles. The Morgan fingerprint density at radius 2 is 2.06 bits per heavy atom. The molecule has 0 spiro atoms. The summed E-state index contributed by atoms with van der Waals surface area (Å²) in [6, 6.07) is 7.69. The number of carbonyl (C=O) groups excluding carboxylic acids is 1. The highest BCUT2D eigenvalue weighted by atomic mass is 16.5. The van der Waals surface area contributed by atoms with Crippen molar-refractivity contribution in [1.82, 2.24) is 5.32 Å². The second-order valence-electron chi connectivity index (χ2n) is 3.93. The molecule has 1 rings (SSSR count). The lowest BCUT2D eigenvalue weighted by molar-refractivity contribution is -0.124. The van der Waals surface area contributed by atoms with E-state index in [1.165, 1.54) is 0 Å². The molecule has 1 aromatic carbocycles. The Labute approximate surface area is 102 Å². The molecule has 1 aromatic rings. The van der Waals surface area contributed by atoms with Crippen molar-refractivity contribution in [2.45, 2.75) is 20.4 Å². The third-order valence-electron chi connectivity index (χ3n) is 2.50. The minimum absolute atomic E-state index is 0.0126. The molecule has 1 amide bonds. The largest absolute Gasteiger partial charge is 0.494 e. The van der Waals surface area contributed by atoms with E-state index >= 15 is 0 Å². The molecule has 0 radical (unpaired) electrons. The third-order valence-corrected chi connectivity index (χ3v) is 2.50. The molecule has 94 valence electrons. The number of rotatable bonds is 6. The van der Waals surface area contributed by atoms with Gasteiger partial charge in [-0.15, -0.1) is 0 Å². The molecule has 1 atom stereocenters. The van der Waals surface area contributed by atoms with Gasteiger partial charge in [0.25, 0.3) is 0 Å². The fourth-order valence-electron chi connectivity index (χ4n) is 1.34. The van der Waals surface area contributed by atoms with E-state index < -0.39 is 0 Å². The van der Waals surface area contributed by atoms with E-state index in [2.05, 4.69) is 5.32 Å². The summed E-state index contributed by atoms with van der Waals surface area (Å²) in [6.07, 6.45) is 0. The van der Waals surface area contributed by atoms with E-state index in [4.69, 9.17) is 10.5 Å². The first-order valence-electron chi connectivity index (χ1n) is 5.87. The smallest absolute Gasteiger partial charge is 0.224 e. The van der Waals surface area contributed by atoms with Crippen LogP contribution in [0.3, 0.4) is 0 Å². The fraction of sp³-hybridized carbons (Fsp3) is 0.462. The second kappa shape index (κ2) is 6.91. The molecular weight excluding hydrogens is 216 g/mol. The zero-order valence-electron chi connectivity index (χ0n) is 10.4. The Kier molecular flexibility index (Phi) is 5.49. The minimum atomic E-state index is -0.141. The van der Waals surface area contributed by atoms with E-state index in [-0.39, 0.29) is 11.8 Å². The Morgan fingerprint density at radius 1 is 1.41 bits per heavy atom. The van der Waals surface area contributed by atoms with Crippen LogP contribution >= 0.6 is 0 Å². The average Bonchev–Trinajstić information content (AvgIpc) is 2.37. The van der Waals surface area contributed by atoms with Gasteiger partial charge in [-0.2, -0.15) is 0 Å². The molecule has 4 nitrogen and oxygen atoms in total. The Bertz CT molecular complexity index is 349. The maximum atomic E-state index is 11.5. The van der Waals surface area contributed by atoms with Gasteiger partial charge in [0.1, 0.15) is 5.75 Å². The van der Waals surface area contributed by atoms with E-state index in [0.29, 0.717) is 19.7 Å². The molecular formula is C13H20N2O2. The number of ether oxygens (including phenoxy) is 1. The molecule has 0 saturated heterocycles. The zero-order valence-corrected chi connectivity index (χ0v) is 10.4. The van der Waals surface area contributed by atoms with E-state index in [1.807, 2.05) is 38.1 Å². The number of hydrogen-bond acceptors (Lipinski definition) is 3. The van der Waals surface area contributed by atoms with Gasteiger partial charge < -0.3 is 15.8 Å². The van der Waals surface area contributed by atoms with Crippen molar-refractivity contribution in [1.29, 1.82) is 0 Å². The summed E-state index contributed by atoms with van der Waals surface area (Å²) >= 11 is 0. The Morgan fingerprint density at radius 3 is 2.59 bits per heavy atom. The number of nitrogens with one attached hydrogen (secondary N) is 1. The SMILES string of the molecule is CCOc1ccc(CNC(=O)C(C)CN)cc1. The number of amides is 1. The van der Waals surface area contributed by atoms with Crippen molar-refractivity contribution in [3.05, 3.63) is 29.8 Å². The van der Waals surface area contributed by atoms with Gasteiger partial charge in [-0.25, -0.2) is 0 Å². The van der Waals surface area contributed by atoms with E-state index in [9.17, 15) is 4.79 Å². The van der Waals surface area contributed by atoms with Gasteiger partial charge in [-0.05, 0) is 24.6 Å². The number of hydrogen-bond donors (Lipinski definition) is 2. The summed E-state index contributed by atoms with van der Waals surface area (Å²) in [5.74, 6) is 0.692. The summed E-state index contributed by atoms with van der Waals surface area (Å²) in [5.41, 5.74) is 6.46. The van der Waals surface area contributed by atoms with Crippen LogP contribution in [0.1, 0.15) is 19.4 Å². The summed E-state index contributed by atoms with van der Waals surface area (Å²) < 4.78 is 5.34. The van der Waals surface area contributed by atoms with E-state index in [1.54, 1.807) is 0 Å². The molecule has 0 saturated carbocycles. The minimum Gasteiger partial charge on any atom is -0.494 e. The summed E-state index contributed by atoms with van der Waals surface area (Å²) in [6.45, 7) is 5.31. The number of carbonyl (C=O) groups is 1. The second-order valence-corrected chi connectivity index (χ2v) is 3.93. The first-order chi connectivity index (χ1) is 8.17. The van der Waals surface area contributed by atoms with Gasteiger partial charge >= 0.3 is 0 Å². The van der Waals surface area contributed by atoms with Crippen molar-refractivity contribution < 1.29 is 9.53 Å². The third kappa shape index (κ3) is 4.44. The Balaban J connectivity index is 2.44. The molecule has 1 unspecified atom stereocenters. The van der Waals surface area contributed by atoms with Crippen LogP contribution in [-0.2, 0) is 11.3 Å². The summed E-state index contributed by atoms with van der Waals surface area (Å²) in [5, 5.41) is 2.84. The highest BCUT2D eigenvalue weighted by molar-refractivity contribution is 5.78. The molecule has 3 N–H and O–H groups in total. The van der Waals surface area contributed by atoms with E-state index in [0.717, 1.165) is 11.3 Å². The van der Waals surface area contributed by atoms with Gasteiger partial charge in [0.05, 0.1) is 6.61 Å². The molecule has 0 aliphatic heterocycles. The Hall–Kier alpha value is -1.55. The lowest BCUT2D eigenvalue weighted by atomic mass is 10.1. The predicted molar refractivity (Wildman–Crippen MR) is 67.7 cm³/mol. The van der Waals surface area contributed by atoms with Crippen LogP contribution in [0, 0.1) is 5.92 Å². The fourth-order valence-corrected chi connectivity index (χ4v) is 1.34. The molecule has 0 fully saturated rings. The molecule has 0 heterocycles. The van der Waals surface area contributed by atoms with Gasteiger partial charge in [-0.1, -0.05) is 19.1 Å². The monoisotopic (exact) mass is 236 g/mol. The van der Waals surface area contributed by atoms with Crippen molar-refractivity contribution >= 4 is 5.91 Å². The number of benzene rings is 1. The van der Waals surface area contributed by atoms with Gasteiger partial charge in [0.15, 0.2) is 0 Å². The van der Waals surface area contributed by atoms with Crippen LogP contribution in [-0.4, -0.2) is 19.1 Å². The van der Waals surface area contributed by atoms with Crippen molar-refractivity contribution in [2.75, 3.05) is 13.2 Å². The first-order valence-corrected chi connectivity index (χ1v) is 5.87. The molecule has 0 bridgehead atoms. The van der Waals surface area contributed by atoms with Crippen LogP contribution in [0.25, 0.3) is 0 Å². The highest BCUT2D eigenvalue weighted by Crippen LogP contribution is 2.11. The highest BCUT2D eigenvalue weighted by Gasteiger charge is 2.09. The van der Waals surface area contributed by atoms with Crippen LogP contribution in [0.15, 0.2) is 24.3 Å². The normalized spacial score (nSPS) is 11.9. The predicted octanol–water partition coefficient (Wildman–Crippen LogP) is 1.30. The lowest BCUT2D eigenvalue weighted by Crippen LogP contribution is -2.32. The molecule has 0 aliphatic carbocycles. The number of nitrogens with two attached hydrogens (primary N) is 1.